The zero-order valence-corrected chi connectivity index (χ0v) is 15.2. The fourth-order valence-corrected chi connectivity index (χ4v) is 5.92. The van der Waals surface area contributed by atoms with E-state index in [4.69, 9.17) is 5.73 Å². The predicted molar refractivity (Wildman–Crippen MR) is 100 cm³/mol. The van der Waals surface area contributed by atoms with Crippen LogP contribution >= 0.6 is 0 Å². The third-order valence-corrected chi connectivity index (χ3v) is 6.55. The van der Waals surface area contributed by atoms with E-state index >= 15 is 0 Å². The number of carbonyl (C=O) groups is 2. The van der Waals surface area contributed by atoms with Gasteiger partial charge in [0.05, 0.1) is 6.54 Å². The van der Waals surface area contributed by atoms with Gasteiger partial charge in [-0.3, -0.25) is 9.59 Å². The molecule has 0 unspecified atom stereocenters. The van der Waals surface area contributed by atoms with Crippen molar-refractivity contribution < 1.29 is 9.59 Å². The molecule has 0 aliphatic heterocycles. The van der Waals surface area contributed by atoms with Gasteiger partial charge in [0.1, 0.15) is 6.04 Å². The maximum atomic E-state index is 13.1. The minimum atomic E-state index is -0.568. The molecule has 5 heteroatoms. The van der Waals surface area contributed by atoms with E-state index in [0.717, 1.165) is 42.6 Å². The molecule has 140 valence electrons. The van der Waals surface area contributed by atoms with Gasteiger partial charge < -0.3 is 16.4 Å². The van der Waals surface area contributed by atoms with Crippen molar-refractivity contribution in [2.75, 3.05) is 6.54 Å². The van der Waals surface area contributed by atoms with E-state index in [0.29, 0.717) is 6.42 Å². The molecule has 4 N–H and O–H groups in total. The zero-order chi connectivity index (χ0) is 18.1. The van der Waals surface area contributed by atoms with Gasteiger partial charge in [-0.25, -0.2) is 0 Å². The van der Waals surface area contributed by atoms with Crippen molar-refractivity contribution in [3.05, 3.63) is 35.9 Å². The van der Waals surface area contributed by atoms with E-state index < -0.39 is 6.04 Å². The summed E-state index contributed by atoms with van der Waals surface area (Å²) >= 11 is 0. The Bertz CT molecular complexity index is 638. The van der Waals surface area contributed by atoms with Crippen LogP contribution in [0.2, 0.25) is 0 Å². The average Bonchev–Trinajstić information content (AvgIpc) is 2.60. The summed E-state index contributed by atoms with van der Waals surface area (Å²) in [5, 5.41) is 6.20. The number of hydrogen-bond acceptors (Lipinski definition) is 3. The third kappa shape index (κ3) is 3.63. The quantitative estimate of drug-likeness (QED) is 0.727. The SMILES string of the molecule is NCC(=O)N[C@@H](Cc1ccccc1)C(=O)NC12CC3CC(CC(C3)C1)C2. The molecule has 0 radical (unpaired) electrons. The van der Waals surface area contributed by atoms with E-state index in [-0.39, 0.29) is 23.9 Å². The number of rotatable bonds is 6. The average molecular weight is 355 g/mol. The molecule has 4 saturated carbocycles. The van der Waals surface area contributed by atoms with Crippen LogP contribution in [0.1, 0.15) is 44.1 Å². The van der Waals surface area contributed by atoms with Gasteiger partial charge in [-0.1, -0.05) is 30.3 Å². The lowest BCUT2D eigenvalue weighted by Crippen LogP contribution is -2.63. The standard InChI is InChI=1S/C21H29N3O2/c22-13-19(25)23-18(9-14-4-2-1-3-5-14)20(26)24-21-10-15-6-16(11-21)8-17(7-15)12-21/h1-5,15-18H,6-13,22H2,(H,23,25)(H,24,26)/t15?,16?,17?,18-,21?/m0/s1. The smallest absolute Gasteiger partial charge is 0.243 e. The Morgan fingerprint density at radius 2 is 1.62 bits per heavy atom. The summed E-state index contributed by atoms with van der Waals surface area (Å²) in [6, 6.07) is 9.26. The highest BCUT2D eigenvalue weighted by molar-refractivity contribution is 5.89. The van der Waals surface area contributed by atoms with Crippen LogP contribution in [0.4, 0.5) is 0 Å². The summed E-state index contributed by atoms with van der Waals surface area (Å²) < 4.78 is 0. The highest BCUT2D eigenvalue weighted by Crippen LogP contribution is 2.55. The number of hydrogen-bond donors (Lipinski definition) is 3. The minimum absolute atomic E-state index is 0.0474. The van der Waals surface area contributed by atoms with Crippen LogP contribution in [0, 0.1) is 17.8 Å². The molecule has 1 aromatic rings. The molecule has 1 aromatic carbocycles. The monoisotopic (exact) mass is 355 g/mol. The first-order chi connectivity index (χ1) is 12.5. The van der Waals surface area contributed by atoms with Crippen molar-refractivity contribution in [1.82, 2.24) is 10.6 Å². The zero-order valence-electron chi connectivity index (χ0n) is 15.2. The maximum Gasteiger partial charge on any atom is 0.243 e. The summed E-state index contributed by atoms with van der Waals surface area (Å²) in [5.74, 6) is 1.97. The van der Waals surface area contributed by atoms with Crippen LogP contribution in [0.15, 0.2) is 30.3 Å². The topological polar surface area (TPSA) is 84.2 Å². The second kappa shape index (κ2) is 7.03. The van der Waals surface area contributed by atoms with Gasteiger partial charge in [0.2, 0.25) is 11.8 Å². The highest BCUT2D eigenvalue weighted by atomic mass is 16.2. The molecular weight excluding hydrogens is 326 g/mol. The molecule has 4 bridgehead atoms. The lowest BCUT2D eigenvalue weighted by molar-refractivity contribution is -0.132. The van der Waals surface area contributed by atoms with Gasteiger partial charge in [-0.15, -0.1) is 0 Å². The molecule has 5 nitrogen and oxygen atoms in total. The molecule has 5 rings (SSSR count). The second-order valence-corrected chi connectivity index (χ2v) is 8.70. The second-order valence-electron chi connectivity index (χ2n) is 8.70. The first kappa shape index (κ1) is 17.5. The van der Waals surface area contributed by atoms with Crippen molar-refractivity contribution in [3.8, 4) is 0 Å². The summed E-state index contributed by atoms with van der Waals surface area (Å²) in [7, 11) is 0. The van der Waals surface area contributed by atoms with Gasteiger partial charge in [0, 0.05) is 12.0 Å². The van der Waals surface area contributed by atoms with Gasteiger partial charge in [0.25, 0.3) is 0 Å². The molecule has 4 fully saturated rings. The Hall–Kier alpha value is -1.88. The van der Waals surface area contributed by atoms with Gasteiger partial charge in [-0.05, 0) is 61.8 Å². The Balaban J connectivity index is 1.48. The maximum absolute atomic E-state index is 13.1. The fourth-order valence-electron chi connectivity index (χ4n) is 5.92. The van der Waals surface area contributed by atoms with Crippen molar-refractivity contribution in [2.45, 2.75) is 56.5 Å². The van der Waals surface area contributed by atoms with E-state index in [9.17, 15) is 9.59 Å². The van der Waals surface area contributed by atoms with E-state index in [1.165, 1.54) is 19.3 Å². The Morgan fingerprint density at radius 3 is 2.15 bits per heavy atom. The van der Waals surface area contributed by atoms with Crippen LogP contribution in [0.25, 0.3) is 0 Å². The molecule has 26 heavy (non-hydrogen) atoms. The minimum Gasteiger partial charge on any atom is -0.349 e. The first-order valence-electron chi connectivity index (χ1n) is 9.90. The van der Waals surface area contributed by atoms with Crippen LogP contribution in [-0.2, 0) is 16.0 Å². The summed E-state index contributed by atoms with van der Waals surface area (Å²) in [6.45, 7) is -0.101. The van der Waals surface area contributed by atoms with Crippen LogP contribution in [0.5, 0.6) is 0 Å². The van der Waals surface area contributed by atoms with Crippen molar-refractivity contribution in [1.29, 1.82) is 0 Å². The Kier molecular flexibility index (Phi) is 4.74. The lowest BCUT2D eigenvalue weighted by atomic mass is 9.53. The molecule has 1 atom stereocenters. The van der Waals surface area contributed by atoms with Crippen molar-refractivity contribution in [2.24, 2.45) is 23.5 Å². The first-order valence-corrected chi connectivity index (χ1v) is 9.90. The lowest BCUT2D eigenvalue weighted by Gasteiger charge is -2.57. The normalized spacial score (nSPS) is 32.9. The van der Waals surface area contributed by atoms with E-state index in [2.05, 4.69) is 10.6 Å². The van der Waals surface area contributed by atoms with Crippen molar-refractivity contribution >= 4 is 11.8 Å². The van der Waals surface area contributed by atoms with E-state index in [1.807, 2.05) is 30.3 Å². The number of nitrogens with two attached hydrogens (primary N) is 1. The molecule has 0 spiro atoms. The molecule has 4 aliphatic carbocycles. The predicted octanol–water partition coefficient (Wildman–Crippen LogP) is 1.76. The molecule has 0 saturated heterocycles. The molecule has 0 heterocycles. The summed E-state index contributed by atoms with van der Waals surface area (Å²) in [5.41, 5.74) is 6.45. The number of nitrogens with one attached hydrogen (secondary N) is 2. The Labute approximate surface area is 155 Å². The molecular formula is C21H29N3O2. The Morgan fingerprint density at radius 1 is 1.04 bits per heavy atom. The van der Waals surface area contributed by atoms with Crippen LogP contribution in [-0.4, -0.2) is 29.9 Å². The van der Waals surface area contributed by atoms with Crippen LogP contribution < -0.4 is 16.4 Å². The summed E-state index contributed by atoms with van der Waals surface area (Å²) in [6.07, 6.45) is 7.82. The van der Waals surface area contributed by atoms with E-state index in [1.54, 1.807) is 0 Å². The van der Waals surface area contributed by atoms with Crippen LogP contribution in [0.3, 0.4) is 0 Å². The number of amides is 2. The highest BCUT2D eigenvalue weighted by Gasteiger charge is 2.51. The number of carbonyl (C=O) groups excluding carboxylic acids is 2. The molecule has 0 aromatic heterocycles. The van der Waals surface area contributed by atoms with Gasteiger partial charge in [-0.2, -0.15) is 0 Å². The largest absolute Gasteiger partial charge is 0.349 e. The molecule has 2 amide bonds. The molecule has 4 aliphatic rings. The number of benzene rings is 1. The summed E-state index contributed by atoms with van der Waals surface area (Å²) in [4.78, 5) is 25.0. The van der Waals surface area contributed by atoms with Gasteiger partial charge in [0.15, 0.2) is 0 Å². The van der Waals surface area contributed by atoms with Crippen molar-refractivity contribution in [3.63, 3.8) is 0 Å². The van der Waals surface area contributed by atoms with Gasteiger partial charge >= 0.3 is 0 Å². The third-order valence-electron chi connectivity index (χ3n) is 6.55. The fraction of sp³-hybridized carbons (Fsp3) is 0.619.